The number of aromatic nitrogens is 1. The van der Waals surface area contributed by atoms with Gasteiger partial charge in [0.25, 0.3) is 0 Å². The molecule has 1 aromatic heterocycles. The van der Waals surface area contributed by atoms with E-state index in [1.807, 2.05) is 0 Å². The van der Waals surface area contributed by atoms with E-state index in [4.69, 9.17) is 0 Å². The molecule has 0 saturated heterocycles. The summed E-state index contributed by atoms with van der Waals surface area (Å²) in [7, 11) is 6.68. The van der Waals surface area contributed by atoms with Crippen molar-refractivity contribution in [3.05, 3.63) is 236 Å². The second kappa shape index (κ2) is 19.6. The number of nitrogens with zero attached hydrogens (tertiary/aromatic N) is 5. The number of allylic oxidation sites excluding steroid dienone is 4. The van der Waals surface area contributed by atoms with Gasteiger partial charge < -0.3 is 19.6 Å². The minimum Gasteiger partial charge on any atom is -0.349 e. The van der Waals surface area contributed by atoms with Crippen molar-refractivity contribution in [3.8, 4) is 0 Å². The minimum atomic E-state index is -1.22. The van der Waals surface area contributed by atoms with E-state index >= 15 is 0 Å². The fraction of sp³-hybridized carbons (Fsp3) is 0.203. The maximum atomic E-state index is 2.51. The molecule has 0 amide bonds. The van der Waals surface area contributed by atoms with Gasteiger partial charge in [-0.15, -0.1) is 0 Å². The van der Waals surface area contributed by atoms with Gasteiger partial charge in [0.15, 0.2) is 5.69 Å². The molecule has 0 fully saturated rings. The van der Waals surface area contributed by atoms with E-state index in [0.29, 0.717) is 23.8 Å². The molecule has 3 unspecified atom stereocenters. The molecule has 66 heavy (non-hydrogen) atoms. The Bertz CT molecular complexity index is 2590. The lowest BCUT2D eigenvalue weighted by Crippen LogP contribution is -2.74. The summed E-state index contributed by atoms with van der Waals surface area (Å²) in [5.41, 5.74) is 11.9. The van der Waals surface area contributed by atoms with E-state index in [1.54, 1.807) is 0 Å². The van der Waals surface area contributed by atoms with Gasteiger partial charge in [0.2, 0.25) is 0 Å². The van der Waals surface area contributed by atoms with Gasteiger partial charge >= 0.3 is 7.41 Å². The van der Waals surface area contributed by atoms with Crippen LogP contribution in [0.15, 0.2) is 230 Å². The molecule has 7 heteroatoms. The molecule has 0 spiro atoms. The molecule has 329 valence electrons. The van der Waals surface area contributed by atoms with Crippen molar-refractivity contribution in [2.45, 2.75) is 58.2 Å². The summed E-state index contributed by atoms with van der Waals surface area (Å²) >= 11 is 0. The predicted molar refractivity (Wildman–Crippen MR) is 284 cm³/mol. The van der Waals surface area contributed by atoms with Crippen LogP contribution in [0, 0.1) is 5.92 Å². The molecule has 11 rings (SSSR count). The van der Waals surface area contributed by atoms with Crippen LogP contribution in [0.3, 0.4) is 0 Å². The van der Waals surface area contributed by atoms with Crippen molar-refractivity contribution in [1.82, 2.24) is 0 Å². The van der Waals surface area contributed by atoms with Crippen LogP contribution in [0.25, 0.3) is 0 Å². The molecule has 1 radical (unpaired) electrons. The number of likely N-dealkylation sites (N-methyl/N-ethyl adjacent to an activating group) is 1. The van der Waals surface area contributed by atoms with Gasteiger partial charge in [-0.2, -0.15) is 21.9 Å². The first-order chi connectivity index (χ1) is 32.3. The molecule has 7 aromatic rings. The lowest BCUT2D eigenvalue weighted by atomic mass is 9.13. The molecule has 5 nitrogen and oxygen atoms in total. The van der Waals surface area contributed by atoms with E-state index in [2.05, 4.69) is 298 Å². The van der Waals surface area contributed by atoms with Crippen LogP contribution in [0.5, 0.6) is 0 Å². The van der Waals surface area contributed by atoms with E-state index in [1.165, 1.54) is 56.1 Å². The van der Waals surface area contributed by atoms with Gasteiger partial charge in [0.1, 0.15) is 24.3 Å². The first-order valence-corrected chi connectivity index (χ1v) is 23.8. The SMILES string of the molecule is CC(C)N1/C(=C/C2N(C)c3ccccc3N2C(C)C)N(C)c2ccccc21.[B]1C2C=CC=CC2Cc2cccc[n+]21.c1ccc([B-](c2ccccc2)(c2ccccc2)c2ccccc2)cc1. The average molecular weight is 863 g/mol. The van der Waals surface area contributed by atoms with Crippen LogP contribution in [-0.2, 0) is 6.42 Å². The Morgan fingerprint density at radius 2 is 1.00 bits per heavy atom. The molecule has 1 aliphatic carbocycles. The number of anilines is 4. The Kier molecular flexibility index (Phi) is 13.2. The van der Waals surface area contributed by atoms with Gasteiger partial charge in [0, 0.05) is 44.5 Å². The topological polar surface area (TPSA) is 16.8 Å². The molecule has 0 saturated carbocycles. The Hall–Kier alpha value is -6.98. The molecule has 3 atom stereocenters. The number of rotatable bonds is 7. The van der Waals surface area contributed by atoms with E-state index in [0.717, 1.165) is 6.42 Å². The smallest absolute Gasteiger partial charge is 0.349 e. The van der Waals surface area contributed by atoms with Crippen LogP contribution in [0.2, 0.25) is 5.82 Å². The fourth-order valence-electron chi connectivity index (χ4n) is 10.8. The highest BCUT2D eigenvalue weighted by atomic mass is 15.4. The van der Waals surface area contributed by atoms with Gasteiger partial charge in [-0.25, -0.2) is 0 Å². The lowest BCUT2D eigenvalue weighted by Gasteiger charge is -2.44. The Morgan fingerprint density at radius 3 is 1.53 bits per heavy atom. The fourth-order valence-corrected chi connectivity index (χ4v) is 10.8. The monoisotopic (exact) mass is 863 g/mol. The van der Waals surface area contributed by atoms with Crippen molar-refractivity contribution in [1.29, 1.82) is 0 Å². The highest BCUT2D eigenvalue weighted by Gasteiger charge is 2.38. The summed E-state index contributed by atoms with van der Waals surface area (Å²) in [6.07, 6.45) is 13.6. The molecule has 6 aromatic carbocycles. The van der Waals surface area contributed by atoms with Crippen LogP contribution < -0.4 is 45.9 Å². The average Bonchev–Trinajstić information content (AvgIpc) is 3.82. The highest BCUT2D eigenvalue weighted by molar-refractivity contribution is 7.19. The van der Waals surface area contributed by atoms with Gasteiger partial charge in [0.05, 0.1) is 22.7 Å². The molecular weight excluding hydrogens is 800 g/mol. The van der Waals surface area contributed by atoms with Crippen molar-refractivity contribution >= 4 is 58.2 Å². The molecule has 4 aliphatic rings. The minimum absolute atomic E-state index is 0.190. The van der Waals surface area contributed by atoms with E-state index in [-0.39, 0.29) is 6.17 Å². The van der Waals surface area contributed by atoms with Crippen LogP contribution in [0.1, 0.15) is 33.4 Å². The third-order valence-electron chi connectivity index (χ3n) is 13.9. The van der Waals surface area contributed by atoms with Crippen LogP contribution >= 0.6 is 0 Å². The Labute approximate surface area is 394 Å². The third kappa shape index (κ3) is 8.51. The molecule has 0 N–H and O–H groups in total. The number of benzene rings is 6. The number of hydrogen-bond donors (Lipinski definition) is 0. The maximum Gasteiger partial charge on any atom is 0.547 e. The third-order valence-corrected chi connectivity index (χ3v) is 13.9. The first-order valence-electron chi connectivity index (χ1n) is 23.8. The maximum absolute atomic E-state index is 2.51. The van der Waals surface area contributed by atoms with Crippen LogP contribution in [-0.4, -0.2) is 45.9 Å². The predicted octanol–water partition coefficient (Wildman–Crippen LogP) is 9.48. The molecule has 4 heterocycles. The zero-order chi connectivity index (χ0) is 45.6. The zero-order valence-electron chi connectivity index (χ0n) is 39.3. The summed E-state index contributed by atoms with van der Waals surface area (Å²) in [5.74, 6) is 2.50. The number of pyridine rings is 1. The number of para-hydroxylation sites is 4. The van der Waals surface area contributed by atoms with Gasteiger partial charge in [-0.3, -0.25) is 4.48 Å². The van der Waals surface area contributed by atoms with E-state index in [9.17, 15) is 0 Å². The zero-order valence-corrected chi connectivity index (χ0v) is 39.3. The normalized spacial score (nSPS) is 18.4. The number of fused-ring (bicyclic) bond motifs is 4. The quantitative estimate of drug-likeness (QED) is 0.149. The second-order valence-electron chi connectivity index (χ2n) is 18.5. The first kappa shape index (κ1) is 44.2. The summed E-state index contributed by atoms with van der Waals surface area (Å²) in [4.78, 5) is 9.67. The summed E-state index contributed by atoms with van der Waals surface area (Å²) in [6.45, 7) is 9.07. The Balaban J connectivity index is 0.000000130. The summed E-state index contributed by atoms with van der Waals surface area (Å²) < 4.78 is 2.25. The van der Waals surface area contributed by atoms with Crippen molar-refractivity contribution < 1.29 is 4.48 Å². The van der Waals surface area contributed by atoms with Crippen molar-refractivity contribution in [2.75, 3.05) is 33.7 Å². The molecular formula is C59H62B2N5. The van der Waals surface area contributed by atoms with Crippen LogP contribution in [0.4, 0.5) is 22.7 Å². The van der Waals surface area contributed by atoms with Gasteiger partial charge in [-0.1, -0.05) is 176 Å². The van der Waals surface area contributed by atoms with Crippen molar-refractivity contribution in [3.63, 3.8) is 0 Å². The van der Waals surface area contributed by atoms with Crippen molar-refractivity contribution in [2.24, 2.45) is 5.92 Å². The van der Waals surface area contributed by atoms with Gasteiger partial charge in [-0.05, 0) is 70.0 Å². The molecule has 3 aliphatic heterocycles. The second-order valence-corrected chi connectivity index (χ2v) is 18.5. The highest BCUT2D eigenvalue weighted by Crippen LogP contribution is 2.45. The standard InChI is InChI=1S/C24H20B.C23H30N4.C12H12BN/c1-5-13-21(14-6-1)25(22-15-7-2-8-16-22,23-17-9-3-10-18-23)24-19-11-4-12-20-24;1-16(2)26-20-13-9-7-11-18(20)24(5)22(26)15-23-25(6)19-12-8-10-14-21(19)27(23)17(3)4;1-2-7-12-10(5-1)9-11-6-3-4-8-14(11)13-12/h1-20H;7-17,22H,1-6H3;1-8,10,12H,9H2/q-1;;+1/b;23-15+;. The Morgan fingerprint density at radius 1 is 0.530 bits per heavy atom. The number of hydrogen-bond acceptors (Lipinski definition) is 4. The van der Waals surface area contributed by atoms with E-state index < -0.39 is 6.15 Å². The summed E-state index contributed by atoms with van der Waals surface area (Å²) in [6, 6.07) is 68.1. The summed E-state index contributed by atoms with van der Waals surface area (Å²) in [5, 5.41) is 0. The molecule has 0 bridgehead atoms. The largest absolute Gasteiger partial charge is 0.547 e. The lowest BCUT2D eigenvalue weighted by molar-refractivity contribution is -0.544.